The molecule has 1 aromatic heterocycles. The minimum absolute atomic E-state index is 0.168. The summed E-state index contributed by atoms with van der Waals surface area (Å²) in [4.78, 5) is 6.43. The summed E-state index contributed by atoms with van der Waals surface area (Å²) in [6.45, 7) is 1.52. The van der Waals surface area contributed by atoms with Gasteiger partial charge >= 0.3 is 0 Å². The summed E-state index contributed by atoms with van der Waals surface area (Å²) in [5, 5.41) is 10.1. The van der Waals surface area contributed by atoms with Gasteiger partial charge in [0, 0.05) is 25.3 Å². The molecule has 1 heterocycles. The largest absolute Gasteiger partial charge is 0.395 e. The Morgan fingerprint density at radius 2 is 2.19 bits per heavy atom. The van der Waals surface area contributed by atoms with Crippen molar-refractivity contribution in [2.75, 3.05) is 13.2 Å². The molecule has 16 heavy (non-hydrogen) atoms. The van der Waals surface area contributed by atoms with Crippen molar-refractivity contribution in [3.8, 4) is 0 Å². The first-order valence-corrected chi connectivity index (χ1v) is 6.11. The number of aliphatic hydroxyl groups is 1. The monoisotopic (exact) mass is 260 g/mol. The first-order chi connectivity index (χ1) is 7.70. The Bertz CT molecular complexity index is 369. The van der Waals surface area contributed by atoms with Crippen LogP contribution < -0.4 is 0 Å². The highest BCUT2D eigenvalue weighted by Gasteiger charge is 2.29. The van der Waals surface area contributed by atoms with Gasteiger partial charge in [-0.1, -0.05) is 23.2 Å². The molecule has 0 bridgehead atoms. The Balaban J connectivity index is 2.05. The lowest BCUT2D eigenvalue weighted by Gasteiger charge is -2.20. The SMILES string of the molecule is OCCN(Cc1ncc(Cl)cc1Cl)C1CC1. The van der Waals surface area contributed by atoms with Gasteiger partial charge in [0.25, 0.3) is 0 Å². The molecule has 1 aliphatic rings. The fourth-order valence-corrected chi connectivity index (χ4v) is 2.15. The quantitative estimate of drug-likeness (QED) is 0.883. The summed E-state index contributed by atoms with van der Waals surface area (Å²) in [5.41, 5.74) is 0.825. The Hall–Kier alpha value is -0.350. The van der Waals surface area contributed by atoms with Gasteiger partial charge in [-0.3, -0.25) is 9.88 Å². The van der Waals surface area contributed by atoms with Crippen molar-refractivity contribution in [1.29, 1.82) is 0 Å². The summed E-state index contributed by atoms with van der Waals surface area (Å²) in [7, 11) is 0. The van der Waals surface area contributed by atoms with Crippen LogP contribution in [0.15, 0.2) is 12.3 Å². The molecule has 0 atom stereocenters. The van der Waals surface area contributed by atoms with Gasteiger partial charge in [0.05, 0.1) is 22.3 Å². The van der Waals surface area contributed by atoms with Crippen LogP contribution >= 0.6 is 23.2 Å². The zero-order valence-corrected chi connectivity index (χ0v) is 10.4. The maximum Gasteiger partial charge on any atom is 0.0731 e. The number of rotatable bonds is 5. The second kappa shape index (κ2) is 5.32. The molecule has 1 N–H and O–H groups in total. The number of nitrogens with zero attached hydrogens (tertiary/aromatic N) is 2. The van der Waals surface area contributed by atoms with Crippen molar-refractivity contribution in [3.63, 3.8) is 0 Å². The molecule has 0 radical (unpaired) electrons. The molecule has 5 heteroatoms. The highest BCUT2D eigenvalue weighted by atomic mass is 35.5. The normalized spacial score (nSPS) is 15.8. The van der Waals surface area contributed by atoms with Gasteiger partial charge in [-0.2, -0.15) is 0 Å². The van der Waals surface area contributed by atoms with Gasteiger partial charge in [-0.05, 0) is 18.9 Å². The predicted octanol–water partition coefficient (Wildman–Crippen LogP) is 2.35. The lowest BCUT2D eigenvalue weighted by molar-refractivity contribution is 0.182. The zero-order chi connectivity index (χ0) is 11.5. The van der Waals surface area contributed by atoms with E-state index in [1.807, 2.05) is 0 Å². The molecule has 3 nitrogen and oxygen atoms in total. The fourth-order valence-electron chi connectivity index (χ4n) is 1.71. The molecule has 88 valence electrons. The van der Waals surface area contributed by atoms with E-state index < -0.39 is 0 Å². The third kappa shape index (κ3) is 3.08. The molecule has 2 rings (SSSR count). The smallest absolute Gasteiger partial charge is 0.0731 e. The molecule has 1 fully saturated rings. The van der Waals surface area contributed by atoms with Crippen molar-refractivity contribution < 1.29 is 5.11 Å². The zero-order valence-electron chi connectivity index (χ0n) is 8.87. The highest BCUT2D eigenvalue weighted by molar-refractivity contribution is 6.34. The molecular formula is C11H14Cl2N2O. The summed E-state index contributed by atoms with van der Waals surface area (Å²) in [6, 6.07) is 2.29. The Morgan fingerprint density at radius 3 is 2.75 bits per heavy atom. The summed E-state index contributed by atoms with van der Waals surface area (Å²) in [6.07, 6.45) is 4.00. The number of hydrogen-bond acceptors (Lipinski definition) is 3. The number of pyridine rings is 1. The van der Waals surface area contributed by atoms with Gasteiger partial charge in [0.15, 0.2) is 0 Å². The molecular weight excluding hydrogens is 247 g/mol. The van der Waals surface area contributed by atoms with E-state index in [-0.39, 0.29) is 6.61 Å². The van der Waals surface area contributed by atoms with Crippen LogP contribution in [0, 0.1) is 0 Å². The highest BCUT2D eigenvalue weighted by Crippen LogP contribution is 2.29. The van der Waals surface area contributed by atoms with E-state index in [9.17, 15) is 0 Å². The van der Waals surface area contributed by atoms with Crippen molar-refractivity contribution >= 4 is 23.2 Å². The minimum Gasteiger partial charge on any atom is -0.395 e. The summed E-state index contributed by atoms with van der Waals surface area (Å²) in [5.74, 6) is 0. The van der Waals surface area contributed by atoms with Crippen LogP contribution in [0.25, 0.3) is 0 Å². The lowest BCUT2D eigenvalue weighted by Crippen LogP contribution is -2.29. The van der Waals surface area contributed by atoms with Crippen molar-refractivity contribution in [3.05, 3.63) is 28.0 Å². The molecule has 0 aliphatic heterocycles. The van der Waals surface area contributed by atoms with Crippen molar-refractivity contribution in [2.45, 2.75) is 25.4 Å². The molecule has 1 aromatic rings. The van der Waals surface area contributed by atoms with E-state index in [0.29, 0.717) is 29.2 Å². The molecule has 1 saturated carbocycles. The first kappa shape index (κ1) is 12.1. The van der Waals surface area contributed by atoms with E-state index in [2.05, 4.69) is 9.88 Å². The topological polar surface area (TPSA) is 36.4 Å². The molecule has 0 unspecified atom stereocenters. The average molecular weight is 261 g/mol. The van der Waals surface area contributed by atoms with Gasteiger partial charge < -0.3 is 5.11 Å². The number of hydrogen-bond donors (Lipinski definition) is 1. The maximum absolute atomic E-state index is 8.99. The lowest BCUT2D eigenvalue weighted by atomic mass is 10.3. The summed E-state index contributed by atoms with van der Waals surface area (Å²) >= 11 is 11.9. The Labute approximate surface area is 105 Å². The van der Waals surface area contributed by atoms with Gasteiger partial charge in [0.2, 0.25) is 0 Å². The van der Waals surface area contributed by atoms with Crippen LogP contribution in [0.3, 0.4) is 0 Å². The van der Waals surface area contributed by atoms with Crippen LogP contribution in [0.5, 0.6) is 0 Å². The average Bonchev–Trinajstić information content (AvgIpc) is 3.04. The minimum atomic E-state index is 0.168. The Kier molecular flexibility index (Phi) is 4.03. The van der Waals surface area contributed by atoms with Crippen LogP contribution in [0.2, 0.25) is 10.0 Å². The van der Waals surface area contributed by atoms with E-state index in [1.165, 1.54) is 12.8 Å². The fraction of sp³-hybridized carbons (Fsp3) is 0.545. The molecule has 1 aliphatic carbocycles. The second-order valence-corrected chi connectivity index (χ2v) is 4.85. The number of halogens is 2. The maximum atomic E-state index is 8.99. The molecule has 0 spiro atoms. The van der Waals surface area contributed by atoms with Crippen LogP contribution in [-0.4, -0.2) is 34.2 Å². The van der Waals surface area contributed by atoms with Crippen molar-refractivity contribution in [2.24, 2.45) is 0 Å². The van der Waals surface area contributed by atoms with E-state index in [4.69, 9.17) is 28.3 Å². The molecule has 0 amide bonds. The number of aliphatic hydroxyl groups excluding tert-OH is 1. The third-order valence-corrected chi connectivity index (χ3v) is 3.22. The number of aromatic nitrogens is 1. The van der Waals surface area contributed by atoms with Gasteiger partial charge in [-0.15, -0.1) is 0 Å². The second-order valence-electron chi connectivity index (χ2n) is 4.01. The van der Waals surface area contributed by atoms with Crippen LogP contribution in [0.4, 0.5) is 0 Å². The molecule has 0 aromatic carbocycles. The van der Waals surface area contributed by atoms with Crippen molar-refractivity contribution in [1.82, 2.24) is 9.88 Å². The predicted molar refractivity (Wildman–Crippen MR) is 64.8 cm³/mol. The summed E-state index contributed by atoms with van der Waals surface area (Å²) < 4.78 is 0. The van der Waals surface area contributed by atoms with Gasteiger partial charge in [-0.25, -0.2) is 0 Å². The standard InChI is InChI=1S/C11H14Cl2N2O/c12-8-5-10(13)11(14-6-8)7-15(3-4-16)9-1-2-9/h5-6,9,16H,1-4,7H2. The van der Waals surface area contributed by atoms with Crippen LogP contribution in [0.1, 0.15) is 18.5 Å². The molecule has 0 saturated heterocycles. The van der Waals surface area contributed by atoms with E-state index in [0.717, 1.165) is 5.69 Å². The van der Waals surface area contributed by atoms with E-state index >= 15 is 0 Å². The Morgan fingerprint density at radius 1 is 1.44 bits per heavy atom. The third-order valence-electron chi connectivity index (χ3n) is 2.69. The van der Waals surface area contributed by atoms with Crippen LogP contribution in [-0.2, 0) is 6.54 Å². The van der Waals surface area contributed by atoms with Gasteiger partial charge in [0.1, 0.15) is 0 Å². The first-order valence-electron chi connectivity index (χ1n) is 5.35. The van der Waals surface area contributed by atoms with E-state index in [1.54, 1.807) is 12.3 Å².